The molecule has 2 saturated carbocycles. The van der Waals surface area contributed by atoms with Gasteiger partial charge in [-0.05, 0) is 101 Å². The summed E-state index contributed by atoms with van der Waals surface area (Å²) < 4.78 is 0. The van der Waals surface area contributed by atoms with Gasteiger partial charge in [0.25, 0.3) is 5.91 Å². The van der Waals surface area contributed by atoms with Crippen LogP contribution in [0, 0.1) is 0 Å². The van der Waals surface area contributed by atoms with Crippen molar-refractivity contribution < 1.29 is 20.1 Å². The zero-order valence-corrected chi connectivity index (χ0v) is 22.4. The number of aliphatic hydroxyl groups is 1. The lowest BCUT2D eigenvalue weighted by molar-refractivity contribution is 0.0173. The number of phenolic OH excluding ortho intramolecular Hbond substituents is 2. The van der Waals surface area contributed by atoms with E-state index >= 15 is 0 Å². The molecule has 0 aromatic heterocycles. The highest BCUT2D eigenvalue weighted by atomic mass is 16.3. The molecule has 1 atom stereocenters. The minimum absolute atomic E-state index is 0.148. The molecule has 3 aliphatic rings. The van der Waals surface area contributed by atoms with Crippen LogP contribution in [0.4, 0.5) is 0 Å². The van der Waals surface area contributed by atoms with Crippen LogP contribution in [0.3, 0.4) is 0 Å². The molecule has 1 unspecified atom stereocenters. The van der Waals surface area contributed by atoms with E-state index in [4.69, 9.17) is 0 Å². The Hall–Kier alpha value is -4.61. The topological polar surface area (TPSA) is 81.0 Å². The Morgan fingerprint density at radius 2 is 1.35 bits per heavy atom. The number of benzene rings is 3. The summed E-state index contributed by atoms with van der Waals surface area (Å²) in [6, 6.07) is 21.3. The van der Waals surface area contributed by atoms with Crippen molar-refractivity contribution in [3.8, 4) is 11.5 Å². The number of aliphatic hydroxyl groups excluding tert-OH is 1. The van der Waals surface area contributed by atoms with Crippen molar-refractivity contribution in [2.75, 3.05) is 6.54 Å². The van der Waals surface area contributed by atoms with Crippen molar-refractivity contribution >= 4 is 11.5 Å². The van der Waals surface area contributed by atoms with Crippen molar-refractivity contribution in [3.63, 3.8) is 0 Å². The summed E-state index contributed by atoms with van der Waals surface area (Å²) in [5.74, 6) is 0.232. The number of nitrogens with zero attached hydrogens (tertiary/aromatic N) is 1. The Kier molecular flexibility index (Phi) is 7.58. The summed E-state index contributed by atoms with van der Waals surface area (Å²) in [7, 11) is 0. The predicted molar refractivity (Wildman–Crippen MR) is 159 cm³/mol. The largest absolute Gasteiger partial charge is 0.508 e. The Balaban J connectivity index is 0.000000582. The van der Waals surface area contributed by atoms with Crippen LogP contribution >= 0.6 is 0 Å². The fourth-order valence-corrected chi connectivity index (χ4v) is 4.84. The number of fused-ring (bicyclic) bond motifs is 1. The third-order valence-corrected chi connectivity index (χ3v) is 7.39. The van der Waals surface area contributed by atoms with Crippen LogP contribution in [0.5, 0.6) is 11.5 Å². The van der Waals surface area contributed by atoms with Gasteiger partial charge in [0.1, 0.15) is 11.5 Å². The third-order valence-electron chi connectivity index (χ3n) is 7.39. The van der Waals surface area contributed by atoms with E-state index in [1.54, 1.807) is 36.4 Å². The number of hydrogen-bond acceptors (Lipinski definition) is 4. The van der Waals surface area contributed by atoms with E-state index < -0.39 is 6.23 Å². The molecule has 0 spiro atoms. The van der Waals surface area contributed by atoms with Gasteiger partial charge in [0, 0.05) is 17.7 Å². The number of rotatable bonds is 7. The van der Waals surface area contributed by atoms with Crippen LogP contribution in [0.15, 0.2) is 126 Å². The highest BCUT2D eigenvalue weighted by Crippen LogP contribution is 2.40. The quantitative estimate of drug-likeness (QED) is 0.301. The van der Waals surface area contributed by atoms with E-state index in [2.05, 4.69) is 25.8 Å². The van der Waals surface area contributed by atoms with Gasteiger partial charge in [0.2, 0.25) is 0 Å². The molecule has 6 rings (SSSR count). The van der Waals surface area contributed by atoms with Gasteiger partial charge in [-0.15, -0.1) is 0 Å². The molecule has 3 N–H and O–H groups in total. The van der Waals surface area contributed by atoms with Gasteiger partial charge in [0.05, 0.1) is 0 Å². The zero-order chi connectivity index (χ0) is 28.4. The third kappa shape index (κ3) is 6.00. The smallest absolute Gasteiger partial charge is 0.256 e. The fraction of sp³-hybridized carbons (Fsp3) is 0.171. The summed E-state index contributed by atoms with van der Waals surface area (Å²) in [6.45, 7) is 11.8. The van der Waals surface area contributed by atoms with Gasteiger partial charge in [-0.1, -0.05) is 68.3 Å². The summed E-state index contributed by atoms with van der Waals surface area (Å²) in [6.07, 6.45) is 4.51. The van der Waals surface area contributed by atoms with E-state index in [1.807, 2.05) is 36.4 Å². The van der Waals surface area contributed by atoms with Crippen LogP contribution < -0.4 is 0 Å². The molecule has 3 aromatic carbocycles. The molecule has 202 valence electrons. The van der Waals surface area contributed by atoms with Crippen LogP contribution in [-0.2, 0) is 0 Å². The van der Waals surface area contributed by atoms with Gasteiger partial charge < -0.3 is 20.2 Å². The monoisotopic (exact) mass is 531 g/mol. The fourth-order valence-electron chi connectivity index (χ4n) is 4.84. The summed E-state index contributed by atoms with van der Waals surface area (Å²) in [5, 5.41) is 30.4. The standard InChI is InChI=1S/C30H27NO4.C5H6/c1-19-17-23(19)18-22(5-4-16-31-29(34)26-6-2-3-7-27(26)30(31)35)28(20-8-12-24(32)13-9-20)21-10-14-25(33)15-11-21;1-4-3-5(4)2/h2-3,6-15,18,29,32-34H,1,4-5,16-17H2;1-3H2/b23-18+;. The number of amides is 1. The molecule has 0 radical (unpaired) electrons. The summed E-state index contributed by atoms with van der Waals surface area (Å²) in [5.41, 5.74) is 9.92. The molecule has 5 heteroatoms. The molecule has 3 aromatic rings. The Bertz CT molecular complexity index is 1500. The summed E-state index contributed by atoms with van der Waals surface area (Å²) in [4.78, 5) is 14.4. The van der Waals surface area contributed by atoms with E-state index in [1.165, 1.54) is 21.6 Å². The van der Waals surface area contributed by atoms with Crippen molar-refractivity contribution in [2.24, 2.45) is 0 Å². The maximum atomic E-state index is 12.8. The van der Waals surface area contributed by atoms with Gasteiger partial charge >= 0.3 is 0 Å². The molecule has 1 aliphatic heterocycles. The Morgan fingerprint density at radius 3 is 1.82 bits per heavy atom. The molecule has 0 saturated heterocycles. The SMILES string of the molecule is C=C1C/C1=C\C(CCCN1C(=O)c2ccccc2C1O)=C(c1ccc(O)cc1)c1ccc(O)cc1.C=C1CC1=C. The van der Waals surface area contributed by atoms with E-state index in [0.717, 1.165) is 40.7 Å². The predicted octanol–water partition coefficient (Wildman–Crippen LogP) is 7.22. The number of hydrogen-bond donors (Lipinski definition) is 3. The average molecular weight is 532 g/mol. The molecule has 1 heterocycles. The van der Waals surface area contributed by atoms with E-state index in [9.17, 15) is 20.1 Å². The van der Waals surface area contributed by atoms with E-state index in [0.29, 0.717) is 30.5 Å². The minimum atomic E-state index is -0.929. The second kappa shape index (κ2) is 11.2. The first-order valence-electron chi connectivity index (χ1n) is 13.4. The number of phenols is 2. The summed E-state index contributed by atoms with van der Waals surface area (Å²) >= 11 is 0. The second-order valence-corrected chi connectivity index (χ2v) is 10.4. The zero-order valence-electron chi connectivity index (χ0n) is 22.4. The van der Waals surface area contributed by atoms with Gasteiger partial charge in [-0.2, -0.15) is 0 Å². The van der Waals surface area contributed by atoms with Crippen molar-refractivity contribution in [3.05, 3.63) is 149 Å². The first kappa shape index (κ1) is 27.0. The van der Waals surface area contributed by atoms with Crippen LogP contribution in [0.25, 0.3) is 5.57 Å². The molecule has 0 bridgehead atoms. The molecule has 1 amide bonds. The van der Waals surface area contributed by atoms with Gasteiger partial charge in [-0.3, -0.25) is 4.79 Å². The maximum Gasteiger partial charge on any atom is 0.256 e. The van der Waals surface area contributed by atoms with Gasteiger partial charge in [0.15, 0.2) is 6.23 Å². The van der Waals surface area contributed by atoms with Crippen molar-refractivity contribution in [1.29, 1.82) is 0 Å². The number of aromatic hydroxyl groups is 2. The minimum Gasteiger partial charge on any atom is -0.508 e. The van der Waals surface area contributed by atoms with E-state index in [-0.39, 0.29) is 17.4 Å². The van der Waals surface area contributed by atoms with Crippen LogP contribution in [0.1, 0.15) is 59.0 Å². The lowest BCUT2D eigenvalue weighted by Crippen LogP contribution is -2.29. The molecule has 40 heavy (non-hydrogen) atoms. The molecule has 2 fully saturated rings. The van der Waals surface area contributed by atoms with Gasteiger partial charge in [-0.25, -0.2) is 0 Å². The second-order valence-electron chi connectivity index (χ2n) is 10.4. The van der Waals surface area contributed by atoms with Crippen LogP contribution in [-0.4, -0.2) is 32.7 Å². The van der Waals surface area contributed by atoms with Crippen molar-refractivity contribution in [2.45, 2.75) is 31.9 Å². The lowest BCUT2D eigenvalue weighted by atomic mass is 9.90. The maximum absolute atomic E-state index is 12.8. The Morgan fingerprint density at radius 1 is 0.825 bits per heavy atom. The highest BCUT2D eigenvalue weighted by molar-refractivity contribution is 5.98. The molecule has 5 nitrogen and oxygen atoms in total. The number of carbonyl (C=O) groups excluding carboxylic acids is 1. The van der Waals surface area contributed by atoms with Crippen molar-refractivity contribution in [1.82, 2.24) is 4.90 Å². The number of carbonyl (C=O) groups is 1. The first-order valence-corrected chi connectivity index (χ1v) is 13.4. The molecular formula is C35H33NO4. The highest BCUT2D eigenvalue weighted by Gasteiger charge is 2.34. The molecule has 2 aliphatic carbocycles. The first-order chi connectivity index (χ1) is 19.2. The molecular weight excluding hydrogens is 498 g/mol. The normalized spacial score (nSPS) is 17.9. The number of allylic oxidation sites excluding steroid dienone is 6. The van der Waals surface area contributed by atoms with Crippen LogP contribution in [0.2, 0.25) is 0 Å². The average Bonchev–Trinajstić information content (AvgIpc) is 3.82. The Labute approximate surface area is 235 Å². The lowest BCUT2D eigenvalue weighted by Gasteiger charge is -2.21.